The molecule has 29 heavy (non-hydrogen) atoms. The van der Waals surface area contributed by atoms with Gasteiger partial charge in [0.25, 0.3) is 0 Å². The summed E-state index contributed by atoms with van der Waals surface area (Å²) in [5.74, 6) is 1.95. The second kappa shape index (κ2) is 9.45. The van der Waals surface area contributed by atoms with E-state index in [0.29, 0.717) is 29.4 Å². The molecule has 0 aliphatic rings. The Morgan fingerprint density at radius 1 is 1.07 bits per heavy atom. The van der Waals surface area contributed by atoms with Crippen LogP contribution in [0.2, 0.25) is 0 Å². The molecule has 6 nitrogen and oxygen atoms in total. The van der Waals surface area contributed by atoms with Gasteiger partial charge in [0.05, 0.1) is 14.2 Å². The number of benzene rings is 1. The van der Waals surface area contributed by atoms with Gasteiger partial charge in [0.1, 0.15) is 17.2 Å². The van der Waals surface area contributed by atoms with Crippen LogP contribution >= 0.6 is 0 Å². The molecule has 0 radical (unpaired) electrons. The summed E-state index contributed by atoms with van der Waals surface area (Å²) in [5.41, 5.74) is 3.46. The number of unbranched alkanes of at least 4 members (excludes halogenated alkanes) is 3. The first-order chi connectivity index (χ1) is 14.1. The van der Waals surface area contributed by atoms with E-state index >= 15 is 0 Å². The predicted octanol–water partition coefficient (Wildman–Crippen LogP) is 5.24. The van der Waals surface area contributed by atoms with Crippen LogP contribution in [-0.2, 0) is 4.79 Å². The molecule has 0 saturated heterocycles. The van der Waals surface area contributed by atoms with Crippen LogP contribution in [0, 0.1) is 6.92 Å². The average molecular weight is 396 g/mol. The van der Waals surface area contributed by atoms with Crippen LogP contribution in [0.3, 0.4) is 0 Å². The van der Waals surface area contributed by atoms with Gasteiger partial charge in [-0.05, 0) is 49.2 Å². The Balaban J connectivity index is 1.98. The molecule has 0 bridgehead atoms. The maximum Gasteiger partial charge on any atom is 0.225 e. The number of carbonyl (C=O) groups is 1. The Hall–Kier alpha value is -3.02. The summed E-state index contributed by atoms with van der Waals surface area (Å²) in [6.45, 7) is 4.19. The highest BCUT2D eigenvalue weighted by Crippen LogP contribution is 2.35. The molecule has 0 aliphatic heterocycles. The highest BCUT2D eigenvalue weighted by Gasteiger charge is 2.18. The number of nitrogens with zero attached hydrogens (tertiary/aromatic N) is 2. The number of pyridine rings is 1. The first-order valence-corrected chi connectivity index (χ1v) is 10.1. The molecular formula is C23H29N3O3. The number of aryl methyl sites for hydroxylation is 1. The summed E-state index contributed by atoms with van der Waals surface area (Å²) < 4.78 is 12.7. The molecule has 0 spiro atoms. The number of carbonyl (C=O) groups excluding carboxylic acids is 1. The maximum atomic E-state index is 12.6. The van der Waals surface area contributed by atoms with Gasteiger partial charge >= 0.3 is 0 Å². The topological polar surface area (TPSA) is 64.9 Å². The van der Waals surface area contributed by atoms with Gasteiger partial charge < -0.3 is 14.8 Å². The fourth-order valence-corrected chi connectivity index (χ4v) is 3.36. The van der Waals surface area contributed by atoms with Gasteiger partial charge in [-0.25, -0.2) is 4.98 Å². The monoisotopic (exact) mass is 395 g/mol. The number of anilines is 1. The predicted molar refractivity (Wildman–Crippen MR) is 116 cm³/mol. The fourth-order valence-electron chi connectivity index (χ4n) is 3.36. The summed E-state index contributed by atoms with van der Waals surface area (Å²) in [6, 6.07) is 9.65. The Labute approximate surface area is 171 Å². The first kappa shape index (κ1) is 20.7. The van der Waals surface area contributed by atoms with Gasteiger partial charge in [0, 0.05) is 18.2 Å². The molecule has 2 aromatic heterocycles. The molecule has 0 atom stereocenters. The number of hydrogen-bond donors (Lipinski definition) is 1. The zero-order valence-electron chi connectivity index (χ0n) is 17.6. The number of nitrogens with one attached hydrogen (secondary N) is 1. The van der Waals surface area contributed by atoms with E-state index in [1.807, 2.05) is 47.9 Å². The van der Waals surface area contributed by atoms with Crippen LogP contribution in [0.25, 0.3) is 16.9 Å². The Kier molecular flexibility index (Phi) is 6.75. The normalized spacial score (nSPS) is 10.9. The minimum absolute atomic E-state index is 0.00482. The van der Waals surface area contributed by atoms with E-state index in [-0.39, 0.29) is 5.91 Å². The molecule has 0 fully saturated rings. The number of methoxy groups -OCH3 is 2. The second-order valence-corrected chi connectivity index (χ2v) is 7.17. The van der Waals surface area contributed by atoms with E-state index in [2.05, 4.69) is 12.2 Å². The molecule has 0 unspecified atom stereocenters. The number of fused-ring (bicyclic) bond motifs is 1. The summed E-state index contributed by atoms with van der Waals surface area (Å²) in [5, 5.41) is 3.08. The number of hydrogen-bond acceptors (Lipinski definition) is 4. The van der Waals surface area contributed by atoms with E-state index < -0.39 is 0 Å². The highest BCUT2D eigenvalue weighted by atomic mass is 16.5. The quantitative estimate of drug-likeness (QED) is 0.504. The SMILES string of the molecule is CCCCCCC(=O)Nc1c(-c2ccc(OC)c(OC)c2)nc2cc(C)ccn12. The molecule has 2 heterocycles. The van der Waals surface area contributed by atoms with E-state index in [0.717, 1.165) is 42.5 Å². The molecule has 1 amide bonds. The number of imidazole rings is 1. The minimum Gasteiger partial charge on any atom is -0.493 e. The van der Waals surface area contributed by atoms with E-state index in [1.54, 1.807) is 14.2 Å². The average Bonchev–Trinajstić information content (AvgIpc) is 3.07. The van der Waals surface area contributed by atoms with Crippen LogP contribution in [-0.4, -0.2) is 29.5 Å². The fraction of sp³-hybridized carbons (Fsp3) is 0.391. The van der Waals surface area contributed by atoms with Crippen LogP contribution < -0.4 is 14.8 Å². The van der Waals surface area contributed by atoms with Crippen LogP contribution in [0.5, 0.6) is 11.5 Å². The number of aromatic nitrogens is 2. The number of rotatable bonds is 9. The van der Waals surface area contributed by atoms with Gasteiger partial charge in [0.2, 0.25) is 5.91 Å². The summed E-state index contributed by atoms with van der Waals surface area (Å²) >= 11 is 0. The zero-order chi connectivity index (χ0) is 20.8. The molecule has 154 valence electrons. The van der Waals surface area contributed by atoms with Crippen LogP contribution in [0.4, 0.5) is 5.82 Å². The molecule has 6 heteroatoms. The Morgan fingerprint density at radius 2 is 1.86 bits per heavy atom. The summed E-state index contributed by atoms with van der Waals surface area (Å²) in [6.07, 6.45) is 6.70. The minimum atomic E-state index is 0.00482. The molecule has 0 saturated carbocycles. The van der Waals surface area contributed by atoms with Crippen molar-refractivity contribution in [2.24, 2.45) is 0 Å². The molecule has 3 rings (SSSR count). The van der Waals surface area contributed by atoms with Gasteiger partial charge in [-0.15, -0.1) is 0 Å². The van der Waals surface area contributed by atoms with Crippen molar-refractivity contribution in [2.45, 2.75) is 46.0 Å². The Morgan fingerprint density at radius 3 is 2.59 bits per heavy atom. The second-order valence-electron chi connectivity index (χ2n) is 7.17. The smallest absolute Gasteiger partial charge is 0.225 e. The third-order valence-electron chi connectivity index (χ3n) is 4.95. The van der Waals surface area contributed by atoms with Gasteiger partial charge in [-0.1, -0.05) is 26.2 Å². The van der Waals surface area contributed by atoms with E-state index in [9.17, 15) is 4.79 Å². The molecule has 1 N–H and O–H groups in total. The lowest BCUT2D eigenvalue weighted by Gasteiger charge is -2.11. The number of ether oxygens (including phenoxy) is 2. The van der Waals surface area contributed by atoms with Crippen molar-refractivity contribution in [1.82, 2.24) is 9.38 Å². The van der Waals surface area contributed by atoms with Crippen molar-refractivity contribution in [3.8, 4) is 22.8 Å². The first-order valence-electron chi connectivity index (χ1n) is 10.1. The van der Waals surface area contributed by atoms with Gasteiger partial charge in [-0.2, -0.15) is 0 Å². The lowest BCUT2D eigenvalue weighted by molar-refractivity contribution is -0.116. The van der Waals surface area contributed by atoms with E-state index in [4.69, 9.17) is 14.5 Å². The lowest BCUT2D eigenvalue weighted by atomic mass is 10.1. The molecule has 0 aliphatic carbocycles. The molecule has 3 aromatic rings. The maximum absolute atomic E-state index is 12.6. The van der Waals surface area contributed by atoms with Crippen molar-refractivity contribution in [3.63, 3.8) is 0 Å². The summed E-state index contributed by atoms with van der Waals surface area (Å²) in [7, 11) is 3.21. The van der Waals surface area contributed by atoms with Gasteiger partial charge in [-0.3, -0.25) is 9.20 Å². The number of amides is 1. The van der Waals surface area contributed by atoms with Crippen molar-refractivity contribution >= 4 is 17.4 Å². The van der Waals surface area contributed by atoms with E-state index in [1.165, 1.54) is 0 Å². The Bertz CT molecular complexity index is 994. The standard InChI is InChI=1S/C23H29N3O3/c1-5-6-7-8-9-21(27)25-23-22(24-20-14-16(2)12-13-26(20)23)17-10-11-18(28-3)19(15-17)29-4/h10-15H,5-9H2,1-4H3,(H,25,27). The highest BCUT2D eigenvalue weighted by molar-refractivity contribution is 5.94. The lowest BCUT2D eigenvalue weighted by Crippen LogP contribution is -2.13. The molecule has 1 aromatic carbocycles. The van der Waals surface area contributed by atoms with Crippen molar-refractivity contribution in [3.05, 3.63) is 42.1 Å². The van der Waals surface area contributed by atoms with Gasteiger partial charge in [0.15, 0.2) is 11.5 Å². The summed E-state index contributed by atoms with van der Waals surface area (Å²) in [4.78, 5) is 17.4. The molecular weight excluding hydrogens is 366 g/mol. The van der Waals surface area contributed by atoms with Crippen LogP contribution in [0.1, 0.15) is 44.6 Å². The van der Waals surface area contributed by atoms with Crippen molar-refractivity contribution < 1.29 is 14.3 Å². The third-order valence-corrected chi connectivity index (χ3v) is 4.95. The largest absolute Gasteiger partial charge is 0.493 e. The zero-order valence-corrected chi connectivity index (χ0v) is 17.6. The van der Waals surface area contributed by atoms with Crippen molar-refractivity contribution in [2.75, 3.05) is 19.5 Å². The third kappa shape index (κ3) is 4.70. The van der Waals surface area contributed by atoms with Crippen LogP contribution in [0.15, 0.2) is 36.5 Å². The van der Waals surface area contributed by atoms with Crippen molar-refractivity contribution in [1.29, 1.82) is 0 Å².